The van der Waals surface area contributed by atoms with Crippen molar-refractivity contribution in [1.82, 2.24) is 0 Å². The zero-order chi connectivity index (χ0) is 10.6. The Morgan fingerprint density at radius 1 is 1.43 bits per heavy atom. The second-order valence-corrected chi connectivity index (χ2v) is 3.63. The lowest BCUT2D eigenvalue weighted by Crippen LogP contribution is -2.05. The van der Waals surface area contributed by atoms with Crippen molar-refractivity contribution in [3.63, 3.8) is 0 Å². The summed E-state index contributed by atoms with van der Waals surface area (Å²) in [5, 5.41) is 0. The quantitative estimate of drug-likeness (QED) is 0.752. The summed E-state index contributed by atoms with van der Waals surface area (Å²) in [5.74, 6) is 5.12. The number of hydrogen-bond donors (Lipinski definition) is 1. The van der Waals surface area contributed by atoms with Gasteiger partial charge in [-0.05, 0) is 23.1 Å². The van der Waals surface area contributed by atoms with E-state index in [9.17, 15) is 4.39 Å². The summed E-state index contributed by atoms with van der Waals surface area (Å²) in [4.78, 5) is 4.43. The van der Waals surface area contributed by atoms with E-state index >= 15 is 0 Å². The number of nitrogens with two attached hydrogens (primary N) is 1. The van der Waals surface area contributed by atoms with Crippen LogP contribution in [0.3, 0.4) is 0 Å². The summed E-state index contributed by atoms with van der Waals surface area (Å²) in [6.07, 6.45) is 0.517. The highest BCUT2D eigenvalue weighted by Crippen LogP contribution is 2.18. The maximum atomic E-state index is 13.3. The van der Waals surface area contributed by atoms with Crippen molar-refractivity contribution >= 4 is 0 Å². The van der Waals surface area contributed by atoms with Crippen molar-refractivity contribution in [1.29, 1.82) is 0 Å². The standard InChI is InChI=1S/C11H16FNO/c1-8(2)9-3-4-11(12)10(7-9)5-6-14-13/h3-4,7-8H,5-6,13H2,1-2H3. The highest BCUT2D eigenvalue weighted by Gasteiger charge is 2.05. The minimum Gasteiger partial charge on any atom is -0.304 e. The average Bonchev–Trinajstić information content (AvgIpc) is 2.16. The fourth-order valence-electron chi connectivity index (χ4n) is 1.31. The predicted octanol–water partition coefficient (Wildman–Crippen LogP) is 2.38. The maximum Gasteiger partial charge on any atom is 0.126 e. The van der Waals surface area contributed by atoms with Crippen LogP contribution in [0.2, 0.25) is 0 Å². The normalized spacial score (nSPS) is 10.9. The van der Waals surface area contributed by atoms with Gasteiger partial charge in [0.25, 0.3) is 0 Å². The van der Waals surface area contributed by atoms with Gasteiger partial charge in [-0.3, -0.25) is 0 Å². The summed E-state index contributed by atoms with van der Waals surface area (Å²) in [6.45, 7) is 4.51. The molecular formula is C11H16FNO. The molecule has 2 N–H and O–H groups in total. The largest absolute Gasteiger partial charge is 0.304 e. The summed E-state index contributed by atoms with van der Waals surface area (Å²) in [6, 6.07) is 5.19. The van der Waals surface area contributed by atoms with Crippen LogP contribution in [0.1, 0.15) is 30.9 Å². The Kier molecular flexibility index (Phi) is 4.04. The van der Waals surface area contributed by atoms with Gasteiger partial charge in [-0.2, -0.15) is 0 Å². The lowest BCUT2D eigenvalue weighted by molar-refractivity contribution is 0.140. The van der Waals surface area contributed by atoms with Gasteiger partial charge in [0, 0.05) is 6.42 Å². The molecule has 14 heavy (non-hydrogen) atoms. The molecule has 0 bridgehead atoms. The van der Waals surface area contributed by atoms with E-state index < -0.39 is 0 Å². The minimum absolute atomic E-state index is 0.188. The van der Waals surface area contributed by atoms with Gasteiger partial charge in [-0.25, -0.2) is 10.3 Å². The molecule has 0 aromatic heterocycles. The van der Waals surface area contributed by atoms with Crippen molar-refractivity contribution < 1.29 is 9.23 Å². The summed E-state index contributed by atoms with van der Waals surface area (Å²) in [7, 11) is 0. The highest BCUT2D eigenvalue weighted by molar-refractivity contribution is 5.27. The Labute approximate surface area is 83.8 Å². The van der Waals surface area contributed by atoms with E-state index in [0.717, 1.165) is 5.56 Å². The van der Waals surface area contributed by atoms with Crippen LogP contribution in [0.4, 0.5) is 4.39 Å². The van der Waals surface area contributed by atoms with Crippen LogP contribution in [0.5, 0.6) is 0 Å². The number of hydrogen-bond acceptors (Lipinski definition) is 2. The van der Waals surface area contributed by atoms with Gasteiger partial charge in [0.2, 0.25) is 0 Å². The first-order chi connectivity index (χ1) is 6.65. The number of rotatable bonds is 4. The average molecular weight is 197 g/mol. The number of halogens is 1. The zero-order valence-corrected chi connectivity index (χ0v) is 8.59. The Balaban J connectivity index is 2.85. The van der Waals surface area contributed by atoms with E-state index in [0.29, 0.717) is 24.5 Å². The SMILES string of the molecule is CC(C)c1ccc(F)c(CCON)c1. The van der Waals surface area contributed by atoms with Crippen molar-refractivity contribution in [2.45, 2.75) is 26.2 Å². The lowest BCUT2D eigenvalue weighted by Gasteiger charge is -2.08. The van der Waals surface area contributed by atoms with Crippen molar-refractivity contribution in [3.05, 3.63) is 35.1 Å². The van der Waals surface area contributed by atoms with E-state index in [1.54, 1.807) is 0 Å². The molecule has 1 rings (SSSR count). The molecule has 0 amide bonds. The molecule has 0 fully saturated rings. The second kappa shape index (κ2) is 5.08. The van der Waals surface area contributed by atoms with Crippen LogP contribution in [0.15, 0.2) is 18.2 Å². The molecule has 1 aromatic rings. The van der Waals surface area contributed by atoms with Crippen molar-refractivity contribution in [3.8, 4) is 0 Å². The van der Waals surface area contributed by atoms with Crippen LogP contribution in [0, 0.1) is 5.82 Å². The molecule has 78 valence electrons. The second-order valence-electron chi connectivity index (χ2n) is 3.63. The van der Waals surface area contributed by atoms with E-state index in [2.05, 4.69) is 18.7 Å². The first kappa shape index (κ1) is 11.1. The monoisotopic (exact) mass is 197 g/mol. The molecule has 0 heterocycles. The zero-order valence-electron chi connectivity index (χ0n) is 8.59. The molecular weight excluding hydrogens is 181 g/mol. The third-order valence-corrected chi connectivity index (χ3v) is 2.23. The van der Waals surface area contributed by atoms with Gasteiger partial charge < -0.3 is 4.84 Å². The number of benzene rings is 1. The Morgan fingerprint density at radius 3 is 2.71 bits per heavy atom. The summed E-state index contributed by atoms with van der Waals surface area (Å²) < 4.78 is 13.3. The molecule has 0 aliphatic carbocycles. The van der Waals surface area contributed by atoms with Crippen LogP contribution in [-0.4, -0.2) is 6.61 Å². The Bertz CT molecular complexity index is 299. The van der Waals surface area contributed by atoms with Crippen LogP contribution in [-0.2, 0) is 11.3 Å². The molecule has 0 atom stereocenters. The molecule has 0 aliphatic rings. The molecule has 0 aliphatic heterocycles. The van der Waals surface area contributed by atoms with E-state index in [-0.39, 0.29) is 5.82 Å². The fourth-order valence-corrected chi connectivity index (χ4v) is 1.31. The van der Waals surface area contributed by atoms with Crippen LogP contribution >= 0.6 is 0 Å². The van der Waals surface area contributed by atoms with Crippen LogP contribution in [0.25, 0.3) is 0 Å². The molecule has 1 aromatic carbocycles. The van der Waals surface area contributed by atoms with Crippen molar-refractivity contribution in [2.75, 3.05) is 6.61 Å². The highest BCUT2D eigenvalue weighted by atomic mass is 19.1. The Morgan fingerprint density at radius 2 is 2.14 bits per heavy atom. The molecule has 0 unspecified atom stereocenters. The topological polar surface area (TPSA) is 35.2 Å². The molecule has 0 radical (unpaired) electrons. The van der Waals surface area contributed by atoms with Gasteiger partial charge in [-0.1, -0.05) is 26.0 Å². The van der Waals surface area contributed by atoms with Gasteiger partial charge in [-0.15, -0.1) is 0 Å². The lowest BCUT2D eigenvalue weighted by atomic mass is 9.99. The summed E-state index contributed by atoms with van der Waals surface area (Å²) >= 11 is 0. The third kappa shape index (κ3) is 2.79. The van der Waals surface area contributed by atoms with Gasteiger partial charge >= 0.3 is 0 Å². The molecule has 0 saturated heterocycles. The van der Waals surface area contributed by atoms with Crippen molar-refractivity contribution in [2.24, 2.45) is 5.90 Å². The first-order valence-electron chi connectivity index (χ1n) is 4.75. The maximum absolute atomic E-state index is 13.3. The predicted molar refractivity (Wildman–Crippen MR) is 54.3 cm³/mol. The van der Waals surface area contributed by atoms with Gasteiger partial charge in [0.15, 0.2) is 0 Å². The van der Waals surface area contributed by atoms with Gasteiger partial charge in [0.05, 0.1) is 6.61 Å². The first-order valence-corrected chi connectivity index (χ1v) is 4.75. The Hall–Kier alpha value is -0.930. The minimum atomic E-state index is -0.188. The van der Waals surface area contributed by atoms with Gasteiger partial charge in [0.1, 0.15) is 5.82 Å². The third-order valence-electron chi connectivity index (χ3n) is 2.23. The summed E-state index contributed by atoms with van der Waals surface area (Å²) in [5.41, 5.74) is 1.81. The van der Waals surface area contributed by atoms with E-state index in [4.69, 9.17) is 5.90 Å². The van der Waals surface area contributed by atoms with E-state index in [1.807, 2.05) is 12.1 Å². The fraction of sp³-hybridized carbons (Fsp3) is 0.455. The molecule has 3 heteroatoms. The molecule has 2 nitrogen and oxygen atoms in total. The molecule has 0 saturated carbocycles. The van der Waals surface area contributed by atoms with Crippen LogP contribution < -0.4 is 5.90 Å². The van der Waals surface area contributed by atoms with E-state index in [1.165, 1.54) is 6.07 Å². The smallest absolute Gasteiger partial charge is 0.126 e. The molecule has 0 spiro atoms.